The lowest BCUT2D eigenvalue weighted by Crippen LogP contribution is -2.27. The molecule has 1 aliphatic rings. The molecule has 1 N–H and O–H groups in total. The molecule has 2 aromatic heterocycles. The molecule has 0 saturated carbocycles. The number of nitrogens with zero attached hydrogens (tertiary/aromatic N) is 3. The summed E-state index contributed by atoms with van der Waals surface area (Å²) in [4.78, 5) is 42.8. The highest BCUT2D eigenvalue weighted by molar-refractivity contribution is 6.04. The highest BCUT2D eigenvalue weighted by Gasteiger charge is 2.22. The first kappa shape index (κ1) is 17.0. The van der Waals surface area contributed by atoms with Gasteiger partial charge in [-0.1, -0.05) is 6.07 Å². The summed E-state index contributed by atoms with van der Waals surface area (Å²) < 4.78 is 1.37. The van der Waals surface area contributed by atoms with Crippen LogP contribution < -0.4 is 15.8 Å². The van der Waals surface area contributed by atoms with Gasteiger partial charge in [-0.2, -0.15) is 0 Å². The van der Waals surface area contributed by atoms with E-state index in [2.05, 4.69) is 10.3 Å². The number of benzene rings is 1. The van der Waals surface area contributed by atoms with Crippen LogP contribution >= 0.6 is 0 Å². The molecule has 7 nitrogen and oxygen atoms in total. The number of pyridine rings is 1. The molecular formula is C20H18N4O3. The molecule has 0 fully saturated rings. The molecule has 27 heavy (non-hydrogen) atoms. The van der Waals surface area contributed by atoms with Gasteiger partial charge in [0.25, 0.3) is 11.5 Å². The summed E-state index contributed by atoms with van der Waals surface area (Å²) in [5.41, 5.74) is 3.39. The van der Waals surface area contributed by atoms with Crippen LogP contribution in [-0.2, 0) is 11.2 Å². The quantitative estimate of drug-likeness (QED) is 0.757. The van der Waals surface area contributed by atoms with E-state index < -0.39 is 11.5 Å². The molecule has 0 unspecified atom stereocenters. The van der Waals surface area contributed by atoms with E-state index in [0.717, 1.165) is 23.2 Å². The van der Waals surface area contributed by atoms with Crippen molar-refractivity contribution in [3.05, 3.63) is 69.8 Å². The molecule has 0 saturated heterocycles. The molecule has 7 heteroatoms. The Hall–Kier alpha value is -3.48. The molecule has 136 valence electrons. The zero-order valence-corrected chi connectivity index (χ0v) is 15.0. The van der Waals surface area contributed by atoms with Gasteiger partial charge in [-0.15, -0.1) is 0 Å². The van der Waals surface area contributed by atoms with E-state index in [4.69, 9.17) is 0 Å². The number of fused-ring (bicyclic) bond motifs is 2. The summed E-state index contributed by atoms with van der Waals surface area (Å²) in [6, 6.07) is 8.98. The number of anilines is 2. The minimum absolute atomic E-state index is 0.00362. The Balaban J connectivity index is 1.64. The van der Waals surface area contributed by atoms with Crippen LogP contribution in [0.15, 0.2) is 47.5 Å². The number of carbonyl (C=O) groups excluding carboxylic acids is 2. The van der Waals surface area contributed by atoms with Gasteiger partial charge in [0.1, 0.15) is 11.2 Å². The van der Waals surface area contributed by atoms with Crippen molar-refractivity contribution in [2.24, 2.45) is 0 Å². The number of aromatic nitrogens is 2. The van der Waals surface area contributed by atoms with Crippen LogP contribution in [-0.4, -0.2) is 27.7 Å². The minimum atomic E-state index is -0.509. The Morgan fingerprint density at radius 1 is 1.19 bits per heavy atom. The van der Waals surface area contributed by atoms with E-state index in [1.165, 1.54) is 17.5 Å². The fraction of sp³-hybridized carbons (Fsp3) is 0.200. The average molecular weight is 362 g/mol. The molecule has 0 bridgehead atoms. The second kappa shape index (κ2) is 6.35. The van der Waals surface area contributed by atoms with E-state index >= 15 is 0 Å². The van der Waals surface area contributed by atoms with Crippen LogP contribution in [0.25, 0.3) is 5.65 Å². The molecule has 0 radical (unpaired) electrons. The molecule has 3 aromatic rings. The van der Waals surface area contributed by atoms with Crippen LogP contribution in [0.2, 0.25) is 0 Å². The van der Waals surface area contributed by atoms with Crippen molar-refractivity contribution in [1.29, 1.82) is 0 Å². The molecule has 4 rings (SSSR count). The van der Waals surface area contributed by atoms with Crippen LogP contribution in [0.1, 0.15) is 28.4 Å². The van der Waals surface area contributed by atoms with E-state index in [1.54, 1.807) is 23.2 Å². The van der Waals surface area contributed by atoms with Gasteiger partial charge < -0.3 is 10.2 Å². The average Bonchev–Trinajstić information content (AvgIpc) is 3.06. The number of nitrogens with one attached hydrogen (secondary N) is 1. The van der Waals surface area contributed by atoms with Gasteiger partial charge in [0.05, 0.1) is 0 Å². The van der Waals surface area contributed by atoms with Crippen molar-refractivity contribution >= 4 is 28.8 Å². The van der Waals surface area contributed by atoms with E-state index in [-0.39, 0.29) is 11.5 Å². The van der Waals surface area contributed by atoms with Crippen LogP contribution in [0.3, 0.4) is 0 Å². The summed E-state index contributed by atoms with van der Waals surface area (Å²) in [5.74, 6) is -0.513. The number of hydrogen-bond acceptors (Lipinski definition) is 4. The molecule has 0 aliphatic carbocycles. The molecule has 0 spiro atoms. The molecule has 3 heterocycles. The van der Waals surface area contributed by atoms with Gasteiger partial charge in [-0.3, -0.25) is 18.8 Å². The van der Waals surface area contributed by atoms with Crippen molar-refractivity contribution in [2.75, 3.05) is 16.8 Å². The van der Waals surface area contributed by atoms with Crippen molar-refractivity contribution < 1.29 is 9.59 Å². The normalized spacial score (nSPS) is 12.9. The zero-order valence-electron chi connectivity index (χ0n) is 15.0. The highest BCUT2D eigenvalue weighted by Crippen LogP contribution is 2.30. The Morgan fingerprint density at radius 2 is 2.00 bits per heavy atom. The lowest BCUT2D eigenvalue weighted by atomic mass is 10.1. The van der Waals surface area contributed by atoms with Crippen LogP contribution in [0.4, 0.5) is 11.4 Å². The van der Waals surface area contributed by atoms with Gasteiger partial charge in [-0.05, 0) is 48.7 Å². The summed E-state index contributed by atoms with van der Waals surface area (Å²) in [6.45, 7) is 4.04. The SMILES string of the molecule is CC(=O)N1CCc2cc(NC(=O)c3cnc4ccc(C)cn4c3=O)ccc21. The molecular weight excluding hydrogens is 344 g/mol. The summed E-state index contributed by atoms with van der Waals surface area (Å²) in [7, 11) is 0. The number of amides is 2. The molecule has 1 aliphatic heterocycles. The predicted molar refractivity (Wildman–Crippen MR) is 102 cm³/mol. The van der Waals surface area contributed by atoms with Gasteiger partial charge in [0.2, 0.25) is 5.91 Å². The Kier molecular flexibility index (Phi) is 3.99. The number of aryl methyl sites for hydroxylation is 1. The van der Waals surface area contributed by atoms with Crippen LogP contribution in [0, 0.1) is 6.92 Å². The van der Waals surface area contributed by atoms with E-state index in [9.17, 15) is 14.4 Å². The minimum Gasteiger partial charge on any atom is -0.322 e. The topological polar surface area (TPSA) is 83.8 Å². The smallest absolute Gasteiger partial charge is 0.270 e. The fourth-order valence-electron chi connectivity index (χ4n) is 3.34. The highest BCUT2D eigenvalue weighted by atomic mass is 16.2. The van der Waals surface area contributed by atoms with Crippen molar-refractivity contribution in [3.8, 4) is 0 Å². The van der Waals surface area contributed by atoms with Gasteiger partial charge in [-0.25, -0.2) is 4.98 Å². The van der Waals surface area contributed by atoms with Crippen molar-refractivity contribution in [3.63, 3.8) is 0 Å². The summed E-state index contributed by atoms with van der Waals surface area (Å²) >= 11 is 0. The number of hydrogen-bond donors (Lipinski definition) is 1. The molecule has 2 amide bonds. The first-order valence-electron chi connectivity index (χ1n) is 8.64. The fourth-order valence-corrected chi connectivity index (χ4v) is 3.34. The standard InChI is InChI=1S/C20H18N4O3/c1-12-3-6-18-21-10-16(20(27)24(18)11-12)19(26)22-15-4-5-17-14(9-15)7-8-23(17)13(2)25/h3-6,9-11H,7-8H2,1-2H3,(H,22,26). The number of carbonyl (C=O) groups is 2. The predicted octanol–water partition coefficient (Wildman–Crippen LogP) is 2.16. The third kappa shape index (κ3) is 2.97. The van der Waals surface area contributed by atoms with Crippen molar-refractivity contribution in [2.45, 2.75) is 20.3 Å². The zero-order chi connectivity index (χ0) is 19.1. The van der Waals surface area contributed by atoms with E-state index in [0.29, 0.717) is 17.9 Å². The van der Waals surface area contributed by atoms with Crippen LogP contribution in [0.5, 0.6) is 0 Å². The Labute approximate surface area is 155 Å². The monoisotopic (exact) mass is 362 g/mol. The number of rotatable bonds is 2. The maximum absolute atomic E-state index is 12.6. The maximum Gasteiger partial charge on any atom is 0.270 e. The second-order valence-electron chi connectivity index (χ2n) is 6.63. The molecule has 1 aromatic carbocycles. The van der Waals surface area contributed by atoms with Gasteiger partial charge in [0.15, 0.2) is 0 Å². The summed E-state index contributed by atoms with van der Waals surface area (Å²) in [5, 5.41) is 2.76. The van der Waals surface area contributed by atoms with Gasteiger partial charge >= 0.3 is 0 Å². The third-order valence-electron chi connectivity index (χ3n) is 4.71. The third-order valence-corrected chi connectivity index (χ3v) is 4.71. The lowest BCUT2D eigenvalue weighted by molar-refractivity contribution is -0.116. The largest absolute Gasteiger partial charge is 0.322 e. The Morgan fingerprint density at radius 3 is 2.78 bits per heavy atom. The van der Waals surface area contributed by atoms with Crippen molar-refractivity contribution in [1.82, 2.24) is 9.38 Å². The first-order chi connectivity index (χ1) is 12.9. The lowest BCUT2D eigenvalue weighted by Gasteiger charge is -2.15. The van der Waals surface area contributed by atoms with Gasteiger partial charge in [0, 0.05) is 37.2 Å². The van der Waals surface area contributed by atoms with E-state index in [1.807, 2.05) is 25.1 Å². The maximum atomic E-state index is 12.6. The summed E-state index contributed by atoms with van der Waals surface area (Å²) in [6.07, 6.45) is 3.69. The molecule has 0 atom stereocenters. The Bertz CT molecular complexity index is 1150. The first-order valence-corrected chi connectivity index (χ1v) is 8.64. The second-order valence-corrected chi connectivity index (χ2v) is 6.63.